The van der Waals surface area contributed by atoms with Crippen molar-refractivity contribution in [2.75, 3.05) is 11.4 Å². The fourth-order valence-electron chi connectivity index (χ4n) is 1.92. The van der Waals surface area contributed by atoms with E-state index in [9.17, 15) is 9.18 Å². The van der Waals surface area contributed by atoms with E-state index in [1.165, 1.54) is 12.1 Å². The summed E-state index contributed by atoms with van der Waals surface area (Å²) in [5.41, 5.74) is 1.54. The van der Waals surface area contributed by atoms with Crippen LogP contribution in [0.2, 0.25) is 0 Å². The number of hydrogen-bond donors (Lipinski definition) is 0. The van der Waals surface area contributed by atoms with Crippen molar-refractivity contribution in [2.24, 2.45) is 0 Å². The van der Waals surface area contributed by atoms with Crippen molar-refractivity contribution in [3.63, 3.8) is 0 Å². The topological polar surface area (TPSA) is 20.3 Å². The highest BCUT2D eigenvalue weighted by Crippen LogP contribution is 2.34. The highest BCUT2D eigenvalue weighted by molar-refractivity contribution is 9.10. The van der Waals surface area contributed by atoms with Gasteiger partial charge < -0.3 is 4.90 Å². The van der Waals surface area contributed by atoms with Gasteiger partial charge in [0.05, 0.1) is 5.69 Å². The molecule has 2 nitrogen and oxygen atoms in total. The Morgan fingerprint density at radius 2 is 2.19 bits per heavy atom. The zero-order valence-corrected chi connectivity index (χ0v) is 11.8. The molecule has 0 radical (unpaired) electrons. The molecule has 5 heteroatoms. The molecule has 1 unspecified atom stereocenters. The third-order valence-electron chi connectivity index (χ3n) is 2.57. The maximum absolute atomic E-state index is 13.1. The summed E-state index contributed by atoms with van der Waals surface area (Å²) in [5, 5.41) is 0. The number of carbonyl (C=O) groups is 1. The smallest absolute Gasteiger partial charge is 0.228 e. The number of aryl methyl sites for hydroxylation is 1. The first-order valence-corrected chi connectivity index (χ1v) is 6.60. The zero-order chi connectivity index (χ0) is 11.9. The van der Waals surface area contributed by atoms with E-state index in [-0.39, 0.29) is 16.6 Å². The molecule has 0 saturated carbocycles. The lowest BCUT2D eigenvalue weighted by Gasteiger charge is -2.20. The molecule has 1 atom stereocenters. The van der Waals surface area contributed by atoms with E-state index in [4.69, 9.17) is 0 Å². The van der Waals surface area contributed by atoms with Crippen LogP contribution >= 0.6 is 31.9 Å². The van der Waals surface area contributed by atoms with Gasteiger partial charge in [-0.3, -0.25) is 4.79 Å². The minimum absolute atomic E-state index is 0.0669. The summed E-state index contributed by atoms with van der Waals surface area (Å²) in [5.74, 6) is -0.229. The Morgan fingerprint density at radius 1 is 1.50 bits per heavy atom. The van der Waals surface area contributed by atoms with Crippen LogP contribution in [0.3, 0.4) is 0 Å². The molecule has 1 fully saturated rings. The molecule has 1 aliphatic rings. The Hall–Kier alpha value is -0.420. The Labute approximate surface area is 110 Å². The summed E-state index contributed by atoms with van der Waals surface area (Å²) in [6.07, 6.45) is 0.489. The molecule has 0 spiro atoms. The van der Waals surface area contributed by atoms with Crippen LogP contribution in [-0.4, -0.2) is 17.3 Å². The number of amides is 1. The number of nitrogens with zero attached hydrogens (tertiary/aromatic N) is 1. The molecule has 1 heterocycles. The van der Waals surface area contributed by atoms with Crippen molar-refractivity contribution in [1.29, 1.82) is 0 Å². The molecule has 2 rings (SSSR count). The first-order valence-electron chi connectivity index (χ1n) is 4.89. The Bertz CT molecular complexity index is 427. The van der Waals surface area contributed by atoms with E-state index in [1.54, 1.807) is 11.8 Å². The SMILES string of the molecule is Cc1cc(F)cc(Br)c1N1CC(Br)CC1=O. The van der Waals surface area contributed by atoms with Gasteiger partial charge in [0.2, 0.25) is 5.91 Å². The lowest BCUT2D eigenvalue weighted by Crippen LogP contribution is -2.25. The van der Waals surface area contributed by atoms with Crippen molar-refractivity contribution in [2.45, 2.75) is 18.2 Å². The van der Waals surface area contributed by atoms with E-state index in [1.807, 2.05) is 0 Å². The number of rotatable bonds is 1. The Kier molecular flexibility index (Phi) is 3.35. The predicted molar refractivity (Wildman–Crippen MR) is 68.5 cm³/mol. The molecular formula is C11H10Br2FNO. The molecule has 0 N–H and O–H groups in total. The average molecular weight is 351 g/mol. The number of alkyl halides is 1. The average Bonchev–Trinajstić information content (AvgIpc) is 2.43. The normalized spacial score (nSPS) is 20.6. The van der Waals surface area contributed by atoms with Crippen LogP contribution in [0.25, 0.3) is 0 Å². The zero-order valence-electron chi connectivity index (χ0n) is 8.64. The van der Waals surface area contributed by atoms with Gasteiger partial charge in [-0.05, 0) is 40.5 Å². The van der Waals surface area contributed by atoms with Crippen LogP contribution in [0.4, 0.5) is 10.1 Å². The van der Waals surface area contributed by atoms with Crippen LogP contribution in [0, 0.1) is 12.7 Å². The molecule has 1 aromatic rings. The van der Waals surface area contributed by atoms with Gasteiger partial charge in [0.25, 0.3) is 0 Å². The molecule has 1 aromatic carbocycles. The highest BCUT2D eigenvalue weighted by Gasteiger charge is 2.30. The lowest BCUT2D eigenvalue weighted by atomic mass is 10.2. The van der Waals surface area contributed by atoms with Gasteiger partial charge in [-0.25, -0.2) is 4.39 Å². The molecule has 0 bridgehead atoms. The van der Waals surface area contributed by atoms with Gasteiger partial charge in [0, 0.05) is 22.3 Å². The standard InChI is InChI=1S/C11H10Br2FNO/c1-6-2-8(14)4-9(13)11(6)15-5-7(12)3-10(15)16/h2,4,7H,3,5H2,1H3. The Morgan fingerprint density at radius 3 is 2.69 bits per heavy atom. The maximum atomic E-state index is 13.1. The van der Waals surface area contributed by atoms with E-state index in [0.717, 1.165) is 11.3 Å². The van der Waals surface area contributed by atoms with Gasteiger partial charge in [0.1, 0.15) is 5.82 Å². The monoisotopic (exact) mass is 349 g/mol. The molecule has 0 aromatic heterocycles. The van der Waals surface area contributed by atoms with Crippen molar-refractivity contribution in [3.8, 4) is 0 Å². The molecule has 0 aliphatic carbocycles. The van der Waals surface area contributed by atoms with Crippen molar-refractivity contribution >= 4 is 43.5 Å². The molecule has 86 valence electrons. The summed E-state index contributed by atoms with van der Waals surface area (Å²) >= 11 is 6.73. The fourth-order valence-corrected chi connectivity index (χ4v) is 3.23. The summed E-state index contributed by atoms with van der Waals surface area (Å²) in [4.78, 5) is 13.6. The number of benzene rings is 1. The number of hydrogen-bond acceptors (Lipinski definition) is 1. The summed E-state index contributed by atoms with van der Waals surface area (Å²) in [6.45, 7) is 2.43. The quantitative estimate of drug-likeness (QED) is 0.711. The summed E-state index contributed by atoms with van der Waals surface area (Å²) < 4.78 is 13.8. The second kappa shape index (κ2) is 4.45. The van der Waals surface area contributed by atoms with Gasteiger partial charge >= 0.3 is 0 Å². The minimum Gasteiger partial charge on any atom is -0.310 e. The number of anilines is 1. The van der Waals surface area contributed by atoms with Crippen LogP contribution in [0.1, 0.15) is 12.0 Å². The van der Waals surface area contributed by atoms with Crippen molar-refractivity contribution < 1.29 is 9.18 Å². The van der Waals surface area contributed by atoms with Gasteiger partial charge in [-0.15, -0.1) is 0 Å². The molecule has 1 aliphatic heterocycles. The van der Waals surface area contributed by atoms with Crippen molar-refractivity contribution in [3.05, 3.63) is 28.0 Å². The van der Waals surface area contributed by atoms with Crippen LogP contribution in [0.5, 0.6) is 0 Å². The van der Waals surface area contributed by atoms with E-state index < -0.39 is 0 Å². The summed E-state index contributed by atoms with van der Waals surface area (Å²) in [6, 6.07) is 2.83. The van der Waals surface area contributed by atoms with E-state index in [0.29, 0.717) is 17.4 Å². The maximum Gasteiger partial charge on any atom is 0.228 e. The minimum atomic E-state index is -0.296. The Balaban J connectivity index is 2.44. The van der Waals surface area contributed by atoms with Crippen LogP contribution in [-0.2, 0) is 4.79 Å². The van der Waals surface area contributed by atoms with E-state index in [2.05, 4.69) is 31.9 Å². The molecule has 1 amide bonds. The fraction of sp³-hybridized carbons (Fsp3) is 0.364. The van der Waals surface area contributed by atoms with Crippen molar-refractivity contribution in [1.82, 2.24) is 0 Å². The summed E-state index contributed by atoms with van der Waals surface area (Å²) in [7, 11) is 0. The second-order valence-electron chi connectivity index (χ2n) is 3.86. The predicted octanol–water partition coefficient (Wildman–Crippen LogP) is 3.40. The molecule has 1 saturated heterocycles. The number of carbonyl (C=O) groups excluding carboxylic acids is 1. The first-order chi connectivity index (χ1) is 7.49. The highest BCUT2D eigenvalue weighted by atomic mass is 79.9. The lowest BCUT2D eigenvalue weighted by molar-refractivity contribution is -0.117. The van der Waals surface area contributed by atoms with Gasteiger partial charge in [-0.2, -0.15) is 0 Å². The third-order valence-corrected chi connectivity index (χ3v) is 3.78. The molecule has 16 heavy (non-hydrogen) atoms. The number of halogens is 3. The van der Waals surface area contributed by atoms with Crippen LogP contribution < -0.4 is 4.90 Å². The largest absolute Gasteiger partial charge is 0.310 e. The van der Waals surface area contributed by atoms with Gasteiger partial charge in [0.15, 0.2) is 0 Å². The first kappa shape index (κ1) is 12.0. The second-order valence-corrected chi connectivity index (χ2v) is 6.01. The third kappa shape index (κ3) is 2.15. The van der Waals surface area contributed by atoms with Gasteiger partial charge in [-0.1, -0.05) is 15.9 Å². The molecular weight excluding hydrogens is 341 g/mol. The van der Waals surface area contributed by atoms with E-state index >= 15 is 0 Å². The van der Waals surface area contributed by atoms with Crippen LogP contribution in [0.15, 0.2) is 16.6 Å².